The number of fused-ring (bicyclic) bond motifs is 1. The minimum Gasteiger partial charge on any atom is -0.493 e. The number of nitrogens with zero attached hydrogens (tertiary/aromatic N) is 4. The fourth-order valence-corrected chi connectivity index (χ4v) is 4.54. The van der Waals surface area contributed by atoms with E-state index >= 15 is 0 Å². The molecule has 1 N–H and O–H groups in total. The number of likely N-dealkylation sites (tertiary alicyclic amines) is 1. The Morgan fingerprint density at radius 2 is 2.03 bits per heavy atom. The van der Waals surface area contributed by atoms with E-state index in [-0.39, 0.29) is 6.10 Å². The molecular formula is C28H28ClN5O3. The molecule has 1 aliphatic heterocycles. The Hall–Kier alpha value is -3.88. The highest BCUT2D eigenvalue weighted by molar-refractivity contribution is 6.32. The van der Waals surface area contributed by atoms with Crippen molar-refractivity contribution in [2.24, 2.45) is 0 Å². The summed E-state index contributed by atoms with van der Waals surface area (Å²) in [7, 11) is 1.63. The first-order valence-electron chi connectivity index (χ1n) is 12.0. The number of aromatic nitrogens is 3. The van der Waals surface area contributed by atoms with Crippen LogP contribution in [-0.2, 0) is 6.61 Å². The van der Waals surface area contributed by atoms with Crippen molar-refractivity contribution < 1.29 is 14.2 Å². The average Bonchev–Trinajstić information content (AvgIpc) is 3.36. The number of ether oxygens (including phenoxy) is 3. The number of halogens is 1. The van der Waals surface area contributed by atoms with Crippen LogP contribution in [0.5, 0.6) is 17.2 Å². The van der Waals surface area contributed by atoms with Gasteiger partial charge in [0.1, 0.15) is 30.6 Å². The quantitative estimate of drug-likeness (QED) is 0.270. The fourth-order valence-electron chi connectivity index (χ4n) is 4.30. The highest BCUT2D eigenvalue weighted by Crippen LogP contribution is 2.37. The second kappa shape index (κ2) is 11.5. The summed E-state index contributed by atoms with van der Waals surface area (Å²) >= 11 is 6.51. The highest BCUT2D eigenvalue weighted by Gasteiger charge is 2.24. The second-order valence-electron chi connectivity index (χ2n) is 8.70. The lowest BCUT2D eigenvalue weighted by Gasteiger charge is -2.18. The molecule has 9 heteroatoms. The zero-order valence-electron chi connectivity index (χ0n) is 20.6. The maximum Gasteiger partial charge on any atom is 0.162 e. The van der Waals surface area contributed by atoms with Crippen LogP contribution < -0.4 is 19.5 Å². The van der Waals surface area contributed by atoms with E-state index in [0.29, 0.717) is 34.7 Å². The SMILES string of the molecule is C=CCN1CC[C@H](Oc2cc3c(Nc4ccc(OCc5ccccn5)c(Cl)c4)ncnc3cc2OC)C1. The van der Waals surface area contributed by atoms with Crippen molar-refractivity contribution in [2.45, 2.75) is 19.1 Å². The minimum atomic E-state index is 0.0739. The summed E-state index contributed by atoms with van der Waals surface area (Å²) in [4.78, 5) is 15.5. The monoisotopic (exact) mass is 517 g/mol. The summed E-state index contributed by atoms with van der Waals surface area (Å²) in [6.07, 6.45) is 6.18. The third-order valence-corrected chi connectivity index (χ3v) is 6.42. The second-order valence-corrected chi connectivity index (χ2v) is 9.11. The van der Waals surface area contributed by atoms with Crippen LogP contribution in [0.2, 0.25) is 5.02 Å². The van der Waals surface area contributed by atoms with E-state index in [1.807, 2.05) is 48.5 Å². The molecule has 1 saturated heterocycles. The summed E-state index contributed by atoms with van der Waals surface area (Å²) in [5.41, 5.74) is 2.33. The fraction of sp³-hybridized carbons (Fsp3) is 0.250. The summed E-state index contributed by atoms with van der Waals surface area (Å²) in [5.74, 6) is 2.51. The largest absolute Gasteiger partial charge is 0.493 e. The van der Waals surface area contributed by atoms with E-state index in [1.54, 1.807) is 19.4 Å². The molecule has 0 radical (unpaired) electrons. The van der Waals surface area contributed by atoms with Gasteiger partial charge in [0, 0.05) is 43.0 Å². The van der Waals surface area contributed by atoms with Crippen LogP contribution in [0.3, 0.4) is 0 Å². The van der Waals surface area contributed by atoms with Gasteiger partial charge in [0.2, 0.25) is 0 Å². The maximum atomic E-state index is 6.51. The average molecular weight is 518 g/mol. The van der Waals surface area contributed by atoms with Crippen LogP contribution in [0, 0.1) is 0 Å². The van der Waals surface area contributed by atoms with Crippen molar-refractivity contribution in [3.8, 4) is 17.2 Å². The predicted octanol–water partition coefficient (Wildman–Crippen LogP) is 5.65. The van der Waals surface area contributed by atoms with Gasteiger partial charge in [-0.05, 0) is 42.8 Å². The first kappa shape index (κ1) is 24.8. The van der Waals surface area contributed by atoms with Crippen LogP contribution in [0.1, 0.15) is 12.1 Å². The molecule has 37 heavy (non-hydrogen) atoms. The van der Waals surface area contributed by atoms with Gasteiger partial charge in [-0.1, -0.05) is 23.7 Å². The van der Waals surface area contributed by atoms with Gasteiger partial charge in [0.05, 0.1) is 23.3 Å². The van der Waals surface area contributed by atoms with Gasteiger partial charge in [0.25, 0.3) is 0 Å². The number of hydrogen-bond acceptors (Lipinski definition) is 8. The van der Waals surface area contributed by atoms with E-state index in [1.165, 1.54) is 6.33 Å². The van der Waals surface area contributed by atoms with Crippen LogP contribution >= 0.6 is 11.6 Å². The van der Waals surface area contributed by atoms with Crippen molar-refractivity contribution in [3.63, 3.8) is 0 Å². The van der Waals surface area contributed by atoms with Crippen molar-refractivity contribution >= 4 is 34.0 Å². The Morgan fingerprint density at radius 1 is 1.11 bits per heavy atom. The molecule has 0 saturated carbocycles. The first-order chi connectivity index (χ1) is 18.1. The normalized spacial score (nSPS) is 15.5. The Balaban J connectivity index is 1.35. The topological polar surface area (TPSA) is 81.6 Å². The van der Waals surface area contributed by atoms with Crippen molar-refractivity contribution in [1.29, 1.82) is 0 Å². The van der Waals surface area contributed by atoms with Gasteiger partial charge in [-0.3, -0.25) is 9.88 Å². The van der Waals surface area contributed by atoms with Gasteiger partial charge in [-0.2, -0.15) is 0 Å². The van der Waals surface area contributed by atoms with Crippen molar-refractivity contribution in [2.75, 3.05) is 32.1 Å². The van der Waals surface area contributed by atoms with Gasteiger partial charge in [0.15, 0.2) is 11.5 Å². The van der Waals surface area contributed by atoms with Crippen molar-refractivity contribution in [3.05, 3.63) is 84.4 Å². The van der Waals surface area contributed by atoms with E-state index in [2.05, 4.69) is 31.7 Å². The molecule has 0 aliphatic carbocycles. The number of hydrogen-bond donors (Lipinski definition) is 1. The number of nitrogens with one attached hydrogen (secondary N) is 1. The lowest BCUT2D eigenvalue weighted by atomic mass is 10.2. The molecule has 2 aromatic heterocycles. The molecule has 0 amide bonds. The summed E-state index contributed by atoms with van der Waals surface area (Å²) in [5, 5.41) is 4.64. The molecule has 1 atom stereocenters. The molecule has 1 fully saturated rings. The molecule has 190 valence electrons. The molecule has 1 aliphatic rings. The lowest BCUT2D eigenvalue weighted by Crippen LogP contribution is -2.25. The molecule has 3 heterocycles. The Labute approximate surface area is 220 Å². The van der Waals surface area contributed by atoms with Gasteiger partial charge in [-0.25, -0.2) is 9.97 Å². The minimum absolute atomic E-state index is 0.0739. The molecule has 0 unspecified atom stereocenters. The van der Waals surface area contributed by atoms with Gasteiger partial charge in [-0.15, -0.1) is 6.58 Å². The lowest BCUT2D eigenvalue weighted by molar-refractivity contribution is 0.196. The number of rotatable bonds is 10. The number of anilines is 2. The van der Waals surface area contributed by atoms with Gasteiger partial charge < -0.3 is 19.5 Å². The summed E-state index contributed by atoms with van der Waals surface area (Å²) < 4.78 is 17.8. The standard InChI is InChI=1S/C28H28ClN5O3/c1-3-11-34-12-9-21(16-34)37-27-14-22-24(15-26(27)35-2)31-18-32-28(22)33-19-7-8-25(23(29)13-19)36-17-20-6-4-5-10-30-20/h3-8,10,13-15,18,21H,1,9,11-12,16-17H2,2H3,(H,31,32,33)/t21-/m0/s1. The van der Waals surface area contributed by atoms with Crippen LogP contribution in [0.15, 0.2) is 73.7 Å². The van der Waals surface area contributed by atoms with E-state index in [4.69, 9.17) is 25.8 Å². The Bertz CT molecular complexity index is 1390. The first-order valence-corrected chi connectivity index (χ1v) is 12.4. The molecule has 8 nitrogen and oxygen atoms in total. The van der Waals surface area contributed by atoms with Crippen LogP contribution in [-0.4, -0.2) is 52.7 Å². The maximum absolute atomic E-state index is 6.51. The number of benzene rings is 2. The van der Waals surface area contributed by atoms with Crippen molar-refractivity contribution in [1.82, 2.24) is 19.9 Å². The Morgan fingerprint density at radius 3 is 2.81 bits per heavy atom. The zero-order chi connectivity index (χ0) is 25.6. The number of methoxy groups -OCH3 is 1. The predicted molar refractivity (Wildman–Crippen MR) is 145 cm³/mol. The van der Waals surface area contributed by atoms with Crippen LogP contribution in [0.4, 0.5) is 11.5 Å². The van der Waals surface area contributed by atoms with E-state index < -0.39 is 0 Å². The summed E-state index contributed by atoms with van der Waals surface area (Å²) in [6.45, 7) is 6.84. The molecule has 4 aromatic rings. The Kier molecular flexibility index (Phi) is 7.67. The molecule has 2 aromatic carbocycles. The third-order valence-electron chi connectivity index (χ3n) is 6.13. The number of pyridine rings is 1. The van der Waals surface area contributed by atoms with Crippen LogP contribution in [0.25, 0.3) is 10.9 Å². The highest BCUT2D eigenvalue weighted by atomic mass is 35.5. The third kappa shape index (κ3) is 5.93. The zero-order valence-corrected chi connectivity index (χ0v) is 21.3. The molecule has 0 bridgehead atoms. The molecule has 5 rings (SSSR count). The smallest absolute Gasteiger partial charge is 0.162 e. The summed E-state index contributed by atoms with van der Waals surface area (Å²) in [6, 6.07) is 15.0. The van der Waals surface area contributed by atoms with E-state index in [9.17, 15) is 0 Å². The molecular weight excluding hydrogens is 490 g/mol. The molecule has 0 spiro atoms. The van der Waals surface area contributed by atoms with Gasteiger partial charge >= 0.3 is 0 Å². The van der Waals surface area contributed by atoms with E-state index in [0.717, 1.165) is 48.3 Å².